The van der Waals surface area contributed by atoms with Crippen LogP contribution in [-0.2, 0) is 23.7 Å². The number of rotatable bonds is 10. The van der Waals surface area contributed by atoms with Crippen molar-refractivity contribution in [3.8, 4) is 0 Å². The summed E-state index contributed by atoms with van der Waals surface area (Å²) in [5.74, 6) is -0.581. The van der Waals surface area contributed by atoms with Crippen LogP contribution >= 0.6 is 0 Å². The molecule has 0 aliphatic carbocycles. The van der Waals surface area contributed by atoms with Gasteiger partial charge in [0, 0.05) is 25.0 Å². The first-order valence-corrected chi connectivity index (χ1v) is 9.95. The molecule has 0 unspecified atom stereocenters. The Morgan fingerprint density at radius 3 is 2.28 bits per heavy atom. The Morgan fingerprint density at radius 2 is 1.69 bits per heavy atom. The van der Waals surface area contributed by atoms with Crippen LogP contribution in [-0.4, -0.2) is 114 Å². The molecule has 2 aliphatic rings. The van der Waals surface area contributed by atoms with Gasteiger partial charge in [0.25, 0.3) is 0 Å². The number of nitrogens with one attached hydrogen (secondary N) is 1. The van der Waals surface area contributed by atoms with Gasteiger partial charge in [0.05, 0.1) is 0 Å². The lowest BCUT2D eigenvalue weighted by molar-refractivity contribution is -0.342. The van der Waals surface area contributed by atoms with Gasteiger partial charge < -0.3 is 44.7 Å². The highest BCUT2D eigenvalue weighted by Gasteiger charge is 2.51. The third-order valence-electron chi connectivity index (χ3n) is 5.06. The molecule has 0 spiro atoms. The summed E-state index contributed by atoms with van der Waals surface area (Å²) in [5.41, 5.74) is 8.30. The zero-order valence-electron chi connectivity index (χ0n) is 17.2. The van der Waals surface area contributed by atoms with Crippen molar-refractivity contribution in [3.05, 3.63) is 10.4 Å². The van der Waals surface area contributed by atoms with Crippen molar-refractivity contribution in [2.75, 3.05) is 26.5 Å². The van der Waals surface area contributed by atoms with Gasteiger partial charge in [-0.1, -0.05) is 5.11 Å². The van der Waals surface area contributed by atoms with Gasteiger partial charge in [-0.25, -0.2) is 8.78 Å². The molecule has 10 atom stereocenters. The van der Waals surface area contributed by atoms with E-state index in [0.29, 0.717) is 0 Å². The number of hydrogen-bond acceptors (Lipinski definition) is 10. The van der Waals surface area contributed by atoms with E-state index in [1.54, 1.807) is 0 Å². The summed E-state index contributed by atoms with van der Waals surface area (Å²) in [4.78, 5) is 14.3. The third-order valence-corrected chi connectivity index (χ3v) is 5.06. The van der Waals surface area contributed by atoms with Crippen LogP contribution in [0.1, 0.15) is 13.3 Å². The first-order valence-electron chi connectivity index (χ1n) is 9.95. The standard InChI is InChI=1S/C17H28F2N4O9/c1-7(24)22-10-15(32-17-14(28)13(27)11(25)8(5-18)31-17)12(26)9(6-19)30-16(10)29-4-2-3-21-23-20/h8-17,25-28H,2-6H2,1H3,(H,22,24)/t8-,9-,10-,11+,12+,13+,14-,15-,16+,17+/m1/s1. The van der Waals surface area contributed by atoms with Gasteiger partial charge >= 0.3 is 0 Å². The summed E-state index contributed by atoms with van der Waals surface area (Å²) in [7, 11) is 0. The fraction of sp³-hybridized carbons (Fsp3) is 0.941. The molecule has 0 bridgehead atoms. The van der Waals surface area contributed by atoms with E-state index in [1.165, 1.54) is 0 Å². The predicted octanol–water partition coefficient (Wildman–Crippen LogP) is -1.57. The highest BCUT2D eigenvalue weighted by atomic mass is 19.1. The lowest BCUT2D eigenvalue weighted by Gasteiger charge is -2.47. The molecule has 2 fully saturated rings. The molecule has 5 N–H and O–H groups in total. The molecular formula is C17H28F2N4O9. The highest BCUT2D eigenvalue weighted by Crippen LogP contribution is 2.30. The Balaban J connectivity index is 2.22. The number of azide groups is 1. The summed E-state index contributed by atoms with van der Waals surface area (Å²) in [5, 5.41) is 46.3. The van der Waals surface area contributed by atoms with Crippen LogP contribution in [0.5, 0.6) is 0 Å². The van der Waals surface area contributed by atoms with E-state index in [0.717, 1.165) is 6.92 Å². The summed E-state index contributed by atoms with van der Waals surface area (Å²) >= 11 is 0. The van der Waals surface area contributed by atoms with E-state index >= 15 is 0 Å². The van der Waals surface area contributed by atoms with Gasteiger partial charge in [-0.15, -0.1) is 0 Å². The highest BCUT2D eigenvalue weighted by molar-refractivity contribution is 5.73. The first-order chi connectivity index (χ1) is 15.2. The van der Waals surface area contributed by atoms with E-state index in [-0.39, 0.29) is 19.6 Å². The van der Waals surface area contributed by atoms with E-state index in [2.05, 4.69) is 15.3 Å². The molecule has 0 radical (unpaired) electrons. The van der Waals surface area contributed by atoms with E-state index in [1.807, 2.05) is 0 Å². The number of aliphatic hydroxyl groups is 4. The number of alkyl halides is 2. The van der Waals surface area contributed by atoms with Crippen LogP contribution in [0.2, 0.25) is 0 Å². The monoisotopic (exact) mass is 470 g/mol. The van der Waals surface area contributed by atoms with Gasteiger partial charge in [0.1, 0.15) is 62.1 Å². The summed E-state index contributed by atoms with van der Waals surface area (Å²) in [6.45, 7) is -1.11. The number of ether oxygens (including phenoxy) is 4. The molecule has 2 aliphatic heterocycles. The number of aliphatic hydroxyl groups excluding tert-OH is 4. The molecular weight excluding hydrogens is 442 g/mol. The van der Waals surface area contributed by atoms with Gasteiger partial charge in [0.15, 0.2) is 12.6 Å². The van der Waals surface area contributed by atoms with Crippen LogP contribution in [0.3, 0.4) is 0 Å². The molecule has 15 heteroatoms. The number of carbonyl (C=O) groups excluding carboxylic acids is 1. The van der Waals surface area contributed by atoms with Crippen LogP contribution in [0.15, 0.2) is 5.11 Å². The minimum Gasteiger partial charge on any atom is -0.387 e. The lowest BCUT2D eigenvalue weighted by Crippen LogP contribution is -2.67. The zero-order chi connectivity index (χ0) is 23.8. The Kier molecular flexibility index (Phi) is 10.4. The molecule has 0 saturated carbocycles. The molecule has 13 nitrogen and oxygen atoms in total. The van der Waals surface area contributed by atoms with Gasteiger partial charge in [0.2, 0.25) is 5.91 Å². The molecule has 184 valence electrons. The van der Waals surface area contributed by atoms with Gasteiger partial charge in [-0.05, 0) is 12.0 Å². The average Bonchev–Trinajstić information content (AvgIpc) is 2.76. The van der Waals surface area contributed by atoms with Crippen molar-refractivity contribution in [1.82, 2.24) is 5.32 Å². The average molecular weight is 470 g/mol. The molecule has 1 amide bonds. The second kappa shape index (κ2) is 12.5. The van der Waals surface area contributed by atoms with Crippen LogP contribution < -0.4 is 5.32 Å². The van der Waals surface area contributed by atoms with Crippen molar-refractivity contribution in [3.63, 3.8) is 0 Å². The summed E-state index contributed by atoms with van der Waals surface area (Å²) < 4.78 is 48.3. The van der Waals surface area contributed by atoms with E-state index in [4.69, 9.17) is 24.5 Å². The van der Waals surface area contributed by atoms with E-state index < -0.39 is 80.6 Å². The predicted molar refractivity (Wildman–Crippen MR) is 100 cm³/mol. The Morgan fingerprint density at radius 1 is 1.06 bits per heavy atom. The van der Waals surface area contributed by atoms with Crippen molar-refractivity contribution in [2.45, 2.75) is 74.7 Å². The number of nitrogens with zero attached hydrogens (tertiary/aromatic N) is 3. The molecule has 2 heterocycles. The quantitative estimate of drug-likeness (QED) is 0.108. The topological polar surface area (TPSA) is 196 Å². The maximum atomic E-state index is 13.5. The van der Waals surface area contributed by atoms with Crippen LogP contribution in [0.4, 0.5) is 8.78 Å². The molecule has 0 aromatic carbocycles. The fourth-order valence-electron chi connectivity index (χ4n) is 3.43. The molecule has 0 aromatic heterocycles. The van der Waals surface area contributed by atoms with Crippen molar-refractivity contribution in [1.29, 1.82) is 0 Å². The fourth-order valence-corrected chi connectivity index (χ4v) is 3.43. The SMILES string of the molecule is CC(=O)N[C@H]1[C@@H](OCCCN=[N+]=[N-])O[C@H](CF)[C@H](O)[C@@H]1O[C@@H]1O[C@H](CF)[C@H](O)[C@H](O)[C@H]1O. The van der Waals surface area contributed by atoms with Crippen molar-refractivity contribution >= 4 is 5.91 Å². The Bertz CT molecular complexity index is 658. The normalized spacial score (nSPS) is 39.8. The second-order valence-corrected chi connectivity index (χ2v) is 7.36. The number of carbonyl (C=O) groups is 1. The maximum absolute atomic E-state index is 13.5. The number of amides is 1. The minimum absolute atomic E-state index is 0.0149. The second-order valence-electron chi connectivity index (χ2n) is 7.36. The van der Waals surface area contributed by atoms with Gasteiger partial charge in [-0.3, -0.25) is 4.79 Å². The first kappa shape index (κ1) is 26.6. The Hall–Kier alpha value is -1.68. The van der Waals surface area contributed by atoms with Crippen molar-refractivity contribution in [2.24, 2.45) is 5.11 Å². The summed E-state index contributed by atoms with van der Waals surface area (Å²) in [6.07, 6.45) is -14.3. The third kappa shape index (κ3) is 6.43. The van der Waals surface area contributed by atoms with Gasteiger partial charge in [-0.2, -0.15) is 0 Å². The van der Waals surface area contributed by atoms with Crippen LogP contribution in [0.25, 0.3) is 10.4 Å². The molecule has 2 rings (SSSR count). The van der Waals surface area contributed by atoms with Crippen LogP contribution in [0, 0.1) is 0 Å². The Labute approximate surface area is 181 Å². The lowest BCUT2D eigenvalue weighted by atomic mass is 9.95. The molecule has 32 heavy (non-hydrogen) atoms. The number of hydrogen-bond donors (Lipinski definition) is 5. The smallest absolute Gasteiger partial charge is 0.217 e. The zero-order valence-corrected chi connectivity index (χ0v) is 17.2. The molecule has 2 saturated heterocycles. The summed E-state index contributed by atoms with van der Waals surface area (Å²) in [6, 6.07) is -1.23. The van der Waals surface area contributed by atoms with E-state index in [9.17, 15) is 34.0 Å². The minimum atomic E-state index is -1.84. The maximum Gasteiger partial charge on any atom is 0.217 e. The largest absolute Gasteiger partial charge is 0.387 e. The van der Waals surface area contributed by atoms with Crippen molar-refractivity contribution < 1.29 is 52.9 Å². The molecule has 0 aromatic rings. The number of halogens is 2.